The highest BCUT2D eigenvalue weighted by molar-refractivity contribution is 7.98. The number of rotatable bonds is 7. The third-order valence-electron chi connectivity index (χ3n) is 4.87. The van der Waals surface area contributed by atoms with Gasteiger partial charge in [0.2, 0.25) is 5.91 Å². The normalized spacial score (nSPS) is 12.5. The number of hydrogen-bond acceptors (Lipinski definition) is 5. The second-order valence-corrected chi connectivity index (χ2v) is 9.54. The number of aryl methyl sites for hydroxylation is 1. The molecule has 1 amide bonds. The average Bonchev–Trinajstić information content (AvgIpc) is 3.16. The minimum absolute atomic E-state index is 0.0240. The quantitative estimate of drug-likeness (QED) is 0.520. The number of ether oxygens (including phenoxy) is 1. The predicted molar refractivity (Wildman–Crippen MR) is 125 cm³/mol. The Labute approximate surface area is 188 Å². The van der Waals surface area contributed by atoms with Crippen LogP contribution >= 0.6 is 11.8 Å². The van der Waals surface area contributed by atoms with Crippen LogP contribution in [-0.2, 0) is 10.5 Å². The van der Waals surface area contributed by atoms with E-state index < -0.39 is 5.41 Å². The van der Waals surface area contributed by atoms with Gasteiger partial charge in [0, 0.05) is 16.9 Å². The van der Waals surface area contributed by atoms with E-state index in [0.29, 0.717) is 5.82 Å². The van der Waals surface area contributed by atoms with Crippen LogP contribution in [0.25, 0.3) is 5.69 Å². The molecule has 0 aliphatic heterocycles. The number of hydrogen-bond donors (Lipinski definition) is 1. The van der Waals surface area contributed by atoms with Crippen molar-refractivity contribution in [2.24, 2.45) is 5.41 Å². The number of aromatic nitrogens is 3. The molecule has 2 aromatic carbocycles. The molecule has 1 N–H and O–H groups in total. The Morgan fingerprint density at radius 3 is 2.52 bits per heavy atom. The standard InChI is InChI=1S/C24H30N4O2S/c1-16-10-12-19(13-11-16)28-21(17(2)25-22(29)24(3,4)5)26-27-23(28)31-15-18-8-7-9-20(14-18)30-6/h7-14,17H,15H2,1-6H3,(H,25,29). The van der Waals surface area contributed by atoms with Crippen LogP contribution in [0, 0.1) is 12.3 Å². The highest BCUT2D eigenvalue weighted by Crippen LogP contribution is 2.29. The van der Waals surface area contributed by atoms with Gasteiger partial charge in [0.05, 0.1) is 13.2 Å². The SMILES string of the molecule is COc1cccc(CSc2nnc(C(C)NC(=O)C(C)(C)C)n2-c2ccc(C)cc2)c1. The molecule has 7 heteroatoms. The van der Waals surface area contributed by atoms with Gasteiger partial charge in [-0.15, -0.1) is 10.2 Å². The average molecular weight is 439 g/mol. The van der Waals surface area contributed by atoms with E-state index in [1.165, 1.54) is 5.56 Å². The fraction of sp³-hybridized carbons (Fsp3) is 0.375. The maximum atomic E-state index is 12.5. The molecule has 0 saturated carbocycles. The summed E-state index contributed by atoms with van der Waals surface area (Å²) in [5.74, 6) is 2.24. The number of amides is 1. The van der Waals surface area contributed by atoms with Gasteiger partial charge in [-0.2, -0.15) is 0 Å². The summed E-state index contributed by atoms with van der Waals surface area (Å²) in [4.78, 5) is 12.5. The minimum Gasteiger partial charge on any atom is -0.497 e. The number of carbonyl (C=O) groups is 1. The van der Waals surface area contributed by atoms with Crippen molar-refractivity contribution in [3.05, 3.63) is 65.5 Å². The smallest absolute Gasteiger partial charge is 0.225 e. The molecule has 1 aromatic heterocycles. The Bertz CT molecular complexity index is 1040. The van der Waals surface area contributed by atoms with Gasteiger partial charge in [0.1, 0.15) is 5.75 Å². The molecule has 0 spiro atoms. The Morgan fingerprint density at radius 1 is 1.16 bits per heavy atom. The highest BCUT2D eigenvalue weighted by Gasteiger charge is 2.26. The van der Waals surface area contributed by atoms with Gasteiger partial charge in [-0.05, 0) is 43.7 Å². The summed E-state index contributed by atoms with van der Waals surface area (Å²) in [5.41, 5.74) is 2.81. The number of carbonyl (C=O) groups excluding carboxylic acids is 1. The van der Waals surface area contributed by atoms with Gasteiger partial charge in [-0.25, -0.2) is 0 Å². The second kappa shape index (κ2) is 9.56. The van der Waals surface area contributed by atoms with E-state index in [0.717, 1.165) is 27.9 Å². The largest absolute Gasteiger partial charge is 0.497 e. The Balaban J connectivity index is 1.91. The van der Waals surface area contributed by atoms with Gasteiger partial charge < -0.3 is 10.1 Å². The molecule has 1 unspecified atom stereocenters. The highest BCUT2D eigenvalue weighted by atomic mass is 32.2. The van der Waals surface area contributed by atoms with Gasteiger partial charge in [0.15, 0.2) is 11.0 Å². The summed E-state index contributed by atoms with van der Waals surface area (Å²) in [6.45, 7) is 9.69. The van der Waals surface area contributed by atoms with E-state index in [1.807, 2.05) is 50.5 Å². The summed E-state index contributed by atoms with van der Waals surface area (Å²) in [7, 11) is 1.67. The first-order valence-corrected chi connectivity index (χ1v) is 11.3. The van der Waals surface area contributed by atoms with Gasteiger partial charge >= 0.3 is 0 Å². The van der Waals surface area contributed by atoms with E-state index in [2.05, 4.69) is 52.8 Å². The molecule has 31 heavy (non-hydrogen) atoms. The topological polar surface area (TPSA) is 69.0 Å². The molecule has 164 valence electrons. The van der Waals surface area contributed by atoms with Crippen LogP contribution in [0.15, 0.2) is 53.7 Å². The fourth-order valence-electron chi connectivity index (χ4n) is 2.98. The van der Waals surface area contributed by atoms with Crippen molar-refractivity contribution in [1.82, 2.24) is 20.1 Å². The monoisotopic (exact) mass is 438 g/mol. The van der Waals surface area contributed by atoms with E-state index in [-0.39, 0.29) is 11.9 Å². The van der Waals surface area contributed by atoms with Crippen LogP contribution in [0.3, 0.4) is 0 Å². The zero-order valence-corrected chi connectivity index (χ0v) is 19.8. The van der Waals surface area contributed by atoms with Crippen LogP contribution in [0.5, 0.6) is 5.75 Å². The van der Waals surface area contributed by atoms with Crippen LogP contribution in [0.2, 0.25) is 0 Å². The van der Waals surface area contributed by atoms with Crippen molar-refractivity contribution in [3.63, 3.8) is 0 Å². The van der Waals surface area contributed by atoms with Gasteiger partial charge in [0.25, 0.3) is 0 Å². The molecule has 0 aliphatic rings. The van der Waals surface area contributed by atoms with E-state index in [4.69, 9.17) is 4.74 Å². The van der Waals surface area contributed by atoms with Crippen molar-refractivity contribution >= 4 is 17.7 Å². The zero-order chi connectivity index (χ0) is 22.6. The third-order valence-corrected chi connectivity index (χ3v) is 5.87. The summed E-state index contributed by atoms with van der Waals surface area (Å²) < 4.78 is 7.35. The minimum atomic E-state index is -0.479. The second-order valence-electron chi connectivity index (χ2n) is 8.60. The van der Waals surface area contributed by atoms with Crippen molar-refractivity contribution < 1.29 is 9.53 Å². The Hall–Kier alpha value is -2.80. The molecule has 3 aromatic rings. The lowest BCUT2D eigenvalue weighted by molar-refractivity contribution is -0.129. The maximum absolute atomic E-state index is 12.5. The zero-order valence-electron chi connectivity index (χ0n) is 19.0. The molecule has 3 rings (SSSR count). The Morgan fingerprint density at radius 2 is 1.87 bits per heavy atom. The number of benzene rings is 2. The van der Waals surface area contributed by atoms with Crippen LogP contribution in [0.1, 0.15) is 50.7 Å². The van der Waals surface area contributed by atoms with Crippen molar-refractivity contribution in [1.29, 1.82) is 0 Å². The number of nitrogens with one attached hydrogen (secondary N) is 1. The fourth-order valence-corrected chi connectivity index (χ4v) is 3.88. The lowest BCUT2D eigenvalue weighted by Crippen LogP contribution is -2.37. The van der Waals surface area contributed by atoms with Crippen LogP contribution < -0.4 is 10.1 Å². The maximum Gasteiger partial charge on any atom is 0.225 e. The lowest BCUT2D eigenvalue weighted by atomic mass is 9.95. The molecular weight excluding hydrogens is 408 g/mol. The summed E-state index contributed by atoms with van der Waals surface area (Å²) in [6, 6.07) is 15.9. The predicted octanol–water partition coefficient (Wildman–Crippen LogP) is 5.10. The van der Waals surface area contributed by atoms with Crippen LogP contribution in [0.4, 0.5) is 0 Å². The Kier molecular flexibility index (Phi) is 7.05. The van der Waals surface area contributed by atoms with Crippen molar-refractivity contribution in [2.45, 2.75) is 51.6 Å². The first kappa shape index (κ1) is 22.9. The molecule has 0 saturated heterocycles. The van der Waals surface area contributed by atoms with E-state index in [9.17, 15) is 4.79 Å². The summed E-state index contributed by atoms with van der Waals surface area (Å²) in [5, 5.41) is 12.8. The number of nitrogens with zero attached hydrogens (tertiary/aromatic N) is 3. The van der Waals surface area contributed by atoms with Crippen molar-refractivity contribution in [3.8, 4) is 11.4 Å². The van der Waals surface area contributed by atoms with E-state index >= 15 is 0 Å². The molecule has 0 bridgehead atoms. The number of thioether (sulfide) groups is 1. The van der Waals surface area contributed by atoms with Crippen LogP contribution in [-0.4, -0.2) is 27.8 Å². The van der Waals surface area contributed by atoms with Gasteiger partial charge in [-0.1, -0.05) is 62.4 Å². The van der Waals surface area contributed by atoms with Gasteiger partial charge in [-0.3, -0.25) is 9.36 Å². The first-order chi connectivity index (χ1) is 14.7. The summed E-state index contributed by atoms with van der Waals surface area (Å²) in [6.07, 6.45) is 0. The molecule has 0 fully saturated rings. The molecule has 0 radical (unpaired) electrons. The molecule has 1 atom stereocenters. The molecule has 0 aliphatic carbocycles. The molecular formula is C24H30N4O2S. The molecule has 6 nitrogen and oxygen atoms in total. The third kappa shape index (κ3) is 5.67. The molecule has 1 heterocycles. The van der Waals surface area contributed by atoms with Crippen molar-refractivity contribution in [2.75, 3.05) is 7.11 Å². The van der Waals surface area contributed by atoms with E-state index in [1.54, 1.807) is 18.9 Å². The first-order valence-electron chi connectivity index (χ1n) is 10.3. The lowest BCUT2D eigenvalue weighted by Gasteiger charge is -2.22. The summed E-state index contributed by atoms with van der Waals surface area (Å²) >= 11 is 1.60. The number of methoxy groups -OCH3 is 1.